The third-order valence-corrected chi connectivity index (χ3v) is 5.32. The summed E-state index contributed by atoms with van der Waals surface area (Å²) in [6.45, 7) is 3.00. The number of nitrogens with zero attached hydrogens (tertiary/aromatic N) is 1. The first kappa shape index (κ1) is 16.2. The summed E-state index contributed by atoms with van der Waals surface area (Å²) in [4.78, 5) is 15.8. The SMILES string of the molecule is CNCC(=O)NCC(c1ccccc1)N1CCc2sccc2C1. The first-order chi connectivity index (χ1) is 11.3. The van der Waals surface area contributed by atoms with E-state index < -0.39 is 0 Å². The summed E-state index contributed by atoms with van der Waals surface area (Å²) in [7, 11) is 1.79. The maximum Gasteiger partial charge on any atom is 0.234 e. The van der Waals surface area contributed by atoms with Crippen LogP contribution in [0.2, 0.25) is 0 Å². The monoisotopic (exact) mass is 329 g/mol. The molecule has 0 radical (unpaired) electrons. The molecule has 1 aromatic carbocycles. The molecule has 1 amide bonds. The summed E-state index contributed by atoms with van der Waals surface area (Å²) < 4.78 is 0. The number of rotatable bonds is 6. The number of amides is 1. The molecule has 4 nitrogen and oxygen atoms in total. The Morgan fingerprint density at radius 2 is 2.13 bits per heavy atom. The molecule has 0 aliphatic carbocycles. The molecule has 0 fully saturated rings. The molecule has 0 saturated carbocycles. The highest BCUT2D eigenvalue weighted by Gasteiger charge is 2.25. The van der Waals surface area contributed by atoms with E-state index in [1.54, 1.807) is 7.05 Å². The van der Waals surface area contributed by atoms with Crippen molar-refractivity contribution in [2.45, 2.75) is 19.0 Å². The van der Waals surface area contributed by atoms with Crippen molar-refractivity contribution in [1.29, 1.82) is 0 Å². The molecule has 0 spiro atoms. The van der Waals surface area contributed by atoms with Gasteiger partial charge >= 0.3 is 0 Å². The van der Waals surface area contributed by atoms with Gasteiger partial charge in [-0.1, -0.05) is 30.3 Å². The van der Waals surface area contributed by atoms with Crippen molar-refractivity contribution >= 4 is 17.2 Å². The fourth-order valence-electron chi connectivity index (χ4n) is 3.10. The standard InChI is InChI=1S/C18H23N3OS/c1-19-12-18(22)20-11-16(14-5-3-2-4-6-14)21-9-7-17-15(13-21)8-10-23-17/h2-6,8,10,16,19H,7,9,11-13H2,1H3,(H,20,22). The van der Waals surface area contributed by atoms with E-state index >= 15 is 0 Å². The van der Waals surface area contributed by atoms with Crippen LogP contribution in [-0.4, -0.2) is 37.5 Å². The largest absolute Gasteiger partial charge is 0.353 e. The Hall–Kier alpha value is -1.69. The quantitative estimate of drug-likeness (QED) is 0.854. The van der Waals surface area contributed by atoms with E-state index in [0.29, 0.717) is 13.1 Å². The third-order valence-electron chi connectivity index (χ3n) is 4.29. The van der Waals surface area contributed by atoms with Crippen molar-refractivity contribution < 1.29 is 4.79 Å². The van der Waals surface area contributed by atoms with E-state index in [9.17, 15) is 4.79 Å². The molecule has 122 valence electrons. The molecule has 0 bridgehead atoms. The average molecular weight is 329 g/mol. The Bertz CT molecular complexity index is 641. The first-order valence-corrected chi connectivity index (χ1v) is 8.91. The topological polar surface area (TPSA) is 44.4 Å². The number of fused-ring (bicyclic) bond motifs is 1. The molecule has 1 unspecified atom stereocenters. The van der Waals surface area contributed by atoms with Crippen LogP contribution in [0.15, 0.2) is 41.8 Å². The molecule has 1 aliphatic rings. The number of hydrogen-bond donors (Lipinski definition) is 2. The molecule has 23 heavy (non-hydrogen) atoms. The van der Waals surface area contributed by atoms with Gasteiger partial charge in [-0.3, -0.25) is 9.69 Å². The number of thiophene rings is 1. The van der Waals surface area contributed by atoms with Crippen LogP contribution >= 0.6 is 11.3 Å². The Labute approximate surface area is 141 Å². The number of likely N-dealkylation sites (N-methyl/N-ethyl adjacent to an activating group) is 1. The molecule has 2 heterocycles. The fourth-order valence-corrected chi connectivity index (χ4v) is 3.99. The summed E-state index contributed by atoms with van der Waals surface area (Å²) in [6.07, 6.45) is 1.10. The highest BCUT2D eigenvalue weighted by molar-refractivity contribution is 7.10. The van der Waals surface area contributed by atoms with Crippen LogP contribution in [0, 0.1) is 0 Å². The lowest BCUT2D eigenvalue weighted by molar-refractivity contribution is -0.120. The van der Waals surface area contributed by atoms with Gasteiger partial charge in [-0.15, -0.1) is 11.3 Å². The zero-order valence-electron chi connectivity index (χ0n) is 13.4. The van der Waals surface area contributed by atoms with Gasteiger partial charge < -0.3 is 10.6 Å². The van der Waals surface area contributed by atoms with Crippen LogP contribution in [0.3, 0.4) is 0 Å². The second-order valence-electron chi connectivity index (χ2n) is 5.85. The van der Waals surface area contributed by atoms with Crippen LogP contribution in [0.1, 0.15) is 22.0 Å². The number of carbonyl (C=O) groups is 1. The Kier molecular flexibility index (Phi) is 5.43. The van der Waals surface area contributed by atoms with Gasteiger partial charge in [0.15, 0.2) is 0 Å². The Balaban J connectivity index is 1.74. The van der Waals surface area contributed by atoms with E-state index in [-0.39, 0.29) is 11.9 Å². The highest BCUT2D eigenvalue weighted by atomic mass is 32.1. The Morgan fingerprint density at radius 1 is 1.30 bits per heavy atom. The van der Waals surface area contributed by atoms with Crippen molar-refractivity contribution in [1.82, 2.24) is 15.5 Å². The van der Waals surface area contributed by atoms with Gasteiger partial charge in [-0.2, -0.15) is 0 Å². The van der Waals surface area contributed by atoms with Crippen LogP contribution in [0.5, 0.6) is 0 Å². The number of carbonyl (C=O) groups excluding carboxylic acids is 1. The van der Waals surface area contributed by atoms with Crippen molar-refractivity contribution in [2.75, 3.05) is 26.7 Å². The summed E-state index contributed by atoms with van der Waals surface area (Å²) >= 11 is 1.86. The molecule has 1 aromatic heterocycles. The van der Waals surface area contributed by atoms with Gasteiger partial charge in [0.1, 0.15) is 0 Å². The molecule has 3 rings (SSSR count). The minimum Gasteiger partial charge on any atom is -0.353 e. The average Bonchev–Trinajstić information content (AvgIpc) is 3.04. The van der Waals surface area contributed by atoms with Gasteiger partial charge in [-0.25, -0.2) is 0 Å². The molecule has 2 aromatic rings. The van der Waals surface area contributed by atoms with Crippen LogP contribution < -0.4 is 10.6 Å². The lowest BCUT2D eigenvalue weighted by Gasteiger charge is -2.35. The number of hydrogen-bond acceptors (Lipinski definition) is 4. The van der Waals surface area contributed by atoms with Gasteiger partial charge in [-0.05, 0) is 36.0 Å². The molecule has 1 atom stereocenters. The van der Waals surface area contributed by atoms with Gasteiger partial charge in [0.2, 0.25) is 5.91 Å². The lowest BCUT2D eigenvalue weighted by atomic mass is 10.0. The molecule has 5 heteroatoms. The van der Waals surface area contributed by atoms with Gasteiger partial charge in [0.05, 0.1) is 12.6 Å². The maximum atomic E-state index is 11.8. The zero-order valence-corrected chi connectivity index (χ0v) is 14.2. The van der Waals surface area contributed by atoms with Gasteiger partial charge in [0, 0.05) is 24.5 Å². The Morgan fingerprint density at radius 3 is 2.91 bits per heavy atom. The van der Waals surface area contributed by atoms with Gasteiger partial charge in [0.25, 0.3) is 0 Å². The predicted molar refractivity (Wildman–Crippen MR) is 94.6 cm³/mol. The predicted octanol–water partition coefficient (Wildman–Crippen LogP) is 2.18. The van der Waals surface area contributed by atoms with E-state index in [1.807, 2.05) is 17.4 Å². The van der Waals surface area contributed by atoms with Crippen LogP contribution in [0.25, 0.3) is 0 Å². The minimum absolute atomic E-state index is 0.0432. The van der Waals surface area contributed by atoms with E-state index in [0.717, 1.165) is 19.5 Å². The summed E-state index contributed by atoms with van der Waals surface area (Å²) in [5.41, 5.74) is 2.69. The van der Waals surface area contributed by atoms with Crippen molar-refractivity contribution in [3.05, 3.63) is 57.8 Å². The molecule has 1 aliphatic heterocycles. The molecular weight excluding hydrogens is 306 g/mol. The van der Waals surface area contributed by atoms with Crippen molar-refractivity contribution in [2.24, 2.45) is 0 Å². The fraction of sp³-hybridized carbons (Fsp3) is 0.389. The molecule has 2 N–H and O–H groups in total. The number of benzene rings is 1. The minimum atomic E-state index is 0.0432. The van der Waals surface area contributed by atoms with Crippen molar-refractivity contribution in [3.63, 3.8) is 0 Å². The number of nitrogens with one attached hydrogen (secondary N) is 2. The third kappa shape index (κ3) is 3.99. The second-order valence-corrected chi connectivity index (χ2v) is 6.85. The van der Waals surface area contributed by atoms with E-state index in [1.165, 1.54) is 16.0 Å². The maximum absolute atomic E-state index is 11.8. The molecule has 0 saturated heterocycles. The smallest absolute Gasteiger partial charge is 0.234 e. The highest BCUT2D eigenvalue weighted by Crippen LogP contribution is 2.30. The second kappa shape index (κ2) is 7.73. The first-order valence-electron chi connectivity index (χ1n) is 8.03. The van der Waals surface area contributed by atoms with Crippen LogP contribution in [-0.2, 0) is 17.8 Å². The summed E-state index contributed by atoms with van der Waals surface area (Å²) in [5.74, 6) is 0.0432. The van der Waals surface area contributed by atoms with Crippen LogP contribution in [0.4, 0.5) is 0 Å². The van der Waals surface area contributed by atoms with E-state index in [4.69, 9.17) is 0 Å². The molecular formula is C18H23N3OS. The van der Waals surface area contributed by atoms with Crippen molar-refractivity contribution in [3.8, 4) is 0 Å². The van der Waals surface area contributed by atoms with E-state index in [2.05, 4.69) is 51.2 Å². The summed E-state index contributed by atoms with van der Waals surface area (Å²) in [5, 5.41) is 8.13. The lowest BCUT2D eigenvalue weighted by Crippen LogP contribution is -2.42. The normalized spacial score (nSPS) is 15.9. The summed E-state index contributed by atoms with van der Waals surface area (Å²) in [6, 6.07) is 12.9. The zero-order chi connectivity index (χ0) is 16.1.